The van der Waals surface area contributed by atoms with Crippen molar-refractivity contribution in [3.63, 3.8) is 0 Å². The summed E-state index contributed by atoms with van der Waals surface area (Å²) in [5.41, 5.74) is 5.83. The van der Waals surface area contributed by atoms with Crippen LogP contribution < -0.4 is 14.9 Å². The van der Waals surface area contributed by atoms with Crippen molar-refractivity contribution in [3.8, 4) is 11.5 Å². The van der Waals surface area contributed by atoms with E-state index in [1.54, 1.807) is 12.3 Å². The number of carbonyl (C=O) groups is 1. The molecule has 5 rings (SSSR count). The third kappa shape index (κ3) is 4.00. The molecule has 0 saturated heterocycles. The molecule has 31 heavy (non-hydrogen) atoms. The number of para-hydroxylation sites is 3. The van der Waals surface area contributed by atoms with E-state index in [2.05, 4.69) is 39.4 Å². The predicted molar refractivity (Wildman–Crippen MR) is 120 cm³/mol. The van der Waals surface area contributed by atoms with E-state index in [0.717, 1.165) is 23.0 Å². The lowest BCUT2D eigenvalue weighted by atomic mass is 10.2. The van der Waals surface area contributed by atoms with Gasteiger partial charge in [-0.2, -0.15) is 5.10 Å². The minimum Gasteiger partial charge on any atom is -0.485 e. The number of benzene rings is 3. The molecule has 0 radical (unpaired) electrons. The number of nitrogens with one attached hydrogen (secondary N) is 1. The van der Waals surface area contributed by atoms with Gasteiger partial charge in [-0.3, -0.25) is 4.79 Å². The first-order chi connectivity index (χ1) is 15.3. The second kappa shape index (κ2) is 8.36. The maximum Gasteiger partial charge on any atom is 0.284 e. The van der Waals surface area contributed by atoms with Crippen molar-refractivity contribution in [3.05, 3.63) is 96.2 Å². The quantitative estimate of drug-likeness (QED) is 0.399. The molecule has 3 aromatic carbocycles. The molecule has 154 valence electrons. The summed E-state index contributed by atoms with van der Waals surface area (Å²) in [7, 11) is 0. The molecule has 6 heteroatoms. The summed E-state index contributed by atoms with van der Waals surface area (Å²) in [5.74, 6) is 0.849. The highest BCUT2D eigenvalue weighted by Gasteiger charge is 2.27. The van der Waals surface area contributed by atoms with Crippen LogP contribution in [-0.4, -0.2) is 29.4 Å². The van der Waals surface area contributed by atoms with Crippen LogP contribution in [0.25, 0.3) is 10.9 Å². The van der Waals surface area contributed by atoms with Gasteiger partial charge in [0, 0.05) is 29.2 Å². The molecule has 0 aliphatic carbocycles. The zero-order chi connectivity index (χ0) is 21.0. The highest BCUT2D eigenvalue weighted by Crippen LogP contribution is 2.30. The highest BCUT2D eigenvalue weighted by atomic mass is 16.6. The number of hydrogen-bond donors (Lipinski definition) is 1. The molecule has 6 nitrogen and oxygen atoms in total. The van der Waals surface area contributed by atoms with Gasteiger partial charge in [0.25, 0.3) is 5.91 Å². The number of rotatable bonds is 5. The Kier molecular flexibility index (Phi) is 5.10. The number of fused-ring (bicyclic) bond motifs is 2. The Labute approximate surface area is 179 Å². The summed E-state index contributed by atoms with van der Waals surface area (Å²) in [6.07, 6.45) is 2.97. The van der Waals surface area contributed by atoms with E-state index >= 15 is 0 Å². The van der Waals surface area contributed by atoms with E-state index in [1.165, 1.54) is 5.56 Å². The number of aromatic nitrogens is 1. The molecule has 1 amide bonds. The summed E-state index contributed by atoms with van der Waals surface area (Å²) < 4.78 is 13.5. The van der Waals surface area contributed by atoms with Crippen LogP contribution in [0.4, 0.5) is 0 Å². The molecule has 0 unspecified atom stereocenters. The maximum absolute atomic E-state index is 12.5. The Balaban J connectivity index is 1.31. The smallest absolute Gasteiger partial charge is 0.284 e. The second-order valence-corrected chi connectivity index (χ2v) is 7.31. The molecule has 1 aromatic heterocycles. The van der Waals surface area contributed by atoms with Crippen molar-refractivity contribution in [1.29, 1.82) is 0 Å². The molecule has 0 saturated carbocycles. The number of amides is 1. The van der Waals surface area contributed by atoms with Gasteiger partial charge in [-0.25, -0.2) is 5.43 Å². The average Bonchev–Trinajstić information content (AvgIpc) is 3.17. The lowest BCUT2D eigenvalue weighted by Gasteiger charge is -2.24. The number of ether oxygens (including phenoxy) is 2. The van der Waals surface area contributed by atoms with E-state index < -0.39 is 6.10 Å². The second-order valence-electron chi connectivity index (χ2n) is 7.31. The Bertz CT molecular complexity index is 1250. The van der Waals surface area contributed by atoms with Crippen LogP contribution in [0, 0.1) is 0 Å². The third-order valence-corrected chi connectivity index (χ3v) is 5.19. The Morgan fingerprint density at radius 3 is 2.61 bits per heavy atom. The van der Waals surface area contributed by atoms with E-state index in [1.807, 2.05) is 54.7 Å². The molecule has 1 N–H and O–H groups in total. The summed E-state index contributed by atoms with van der Waals surface area (Å²) in [4.78, 5) is 12.5. The minimum absolute atomic E-state index is 0.148. The van der Waals surface area contributed by atoms with Crippen LogP contribution in [-0.2, 0) is 11.3 Å². The molecule has 0 bridgehead atoms. The number of hydrogen-bond acceptors (Lipinski definition) is 4. The number of nitrogens with zero attached hydrogens (tertiary/aromatic N) is 2. The van der Waals surface area contributed by atoms with Crippen molar-refractivity contribution in [2.45, 2.75) is 12.6 Å². The van der Waals surface area contributed by atoms with Crippen LogP contribution in [0.15, 0.2) is 90.2 Å². The SMILES string of the molecule is O=C(N/N=C/c1cn(Cc2ccccc2)c2ccccc12)[C@@H]1COc2ccccc2O1. The van der Waals surface area contributed by atoms with Crippen LogP contribution >= 0.6 is 0 Å². The Morgan fingerprint density at radius 1 is 1.00 bits per heavy atom. The highest BCUT2D eigenvalue weighted by molar-refractivity contribution is 5.99. The molecule has 4 aromatic rings. The fourth-order valence-electron chi connectivity index (χ4n) is 3.68. The molecule has 0 fully saturated rings. The molecule has 2 heterocycles. The van der Waals surface area contributed by atoms with Crippen LogP contribution in [0.2, 0.25) is 0 Å². The molecular weight excluding hydrogens is 390 g/mol. The zero-order valence-corrected chi connectivity index (χ0v) is 16.8. The van der Waals surface area contributed by atoms with Crippen molar-refractivity contribution < 1.29 is 14.3 Å². The van der Waals surface area contributed by atoms with Crippen LogP contribution in [0.1, 0.15) is 11.1 Å². The van der Waals surface area contributed by atoms with Crippen molar-refractivity contribution in [1.82, 2.24) is 9.99 Å². The molecule has 1 atom stereocenters. The number of carbonyl (C=O) groups excluding carboxylic acids is 1. The normalized spacial score (nSPS) is 15.3. The van der Waals surface area contributed by atoms with Crippen LogP contribution in [0.5, 0.6) is 11.5 Å². The first kappa shape index (κ1) is 18.9. The first-order valence-electron chi connectivity index (χ1n) is 10.1. The van der Waals surface area contributed by atoms with Gasteiger partial charge >= 0.3 is 0 Å². The minimum atomic E-state index is -0.744. The molecule has 1 aliphatic rings. The fraction of sp³-hybridized carbons (Fsp3) is 0.120. The fourth-order valence-corrected chi connectivity index (χ4v) is 3.68. The van der Waals surface area contributed by atoms with E-state index in [9.17, 15) is 4.79 Å². The largest absolute Gasteiger partial charge is 0.485 e. The van der Waals surface area contributed by atoms with Crippen LogP contribution in [0.3, 0.4) is 0 Å². The van der Waals surface area contributed by atoms with Gasteiger partial charge in [0.1, 0.15) is 6.61 Å². The van der Waals surface area contributed by atoms with E-state index in [-0.39, 0.29) is 12.5 Å². The van der Waals surface area contributed by atoms with Gasteiger partial charge in [-0.05, 0) is 23.8 Å². The van der Waals surface area contributed by atoms with Crippen molar-refractivity contribution in [2.75, 3.05) is 6.61 Å². The summed E-state index contributed by atoms with van der Waals surface area (Å²) in [5, 5.41) is 5.24. The Hall–Kier alpha value is -4.06. The standard InChI is InChI=1S/C25H21N3O3/c29-25(24-17-30-22-12-6-7-13-23(22)31-24)27-26-14-19-16-28(15-18-8-2-1-3-9-18)21-11-5-4-10-20(19)21/h1-14,16,24H,15,17H2,(H,27,29)/b26-14+/t24-/m0/s1. The zero-order valence-electron chi connectivity index (χ0n) is 16.8. The lowest BCUT2D eigenvalue weighted by Crippen LogP contribution is -2.42. The summed E-state index contributed by atoms with van der Waals surface area (Å²) in [6.45, 7) is 0.906. The molecule has 0 spiro atoms. The van der Waals surface area contributed by atoms with Gasteiger partial charge in [0.05, 0.1) is 6.21 Å². The van der Waals surface area contributed by atoms with Gasteiger partial charge < -0.3 is 14.0 Å². The third-order valence-electron chi connectivity index (χ3n) is 5.19. The average molecular weight is 411 g/mol. The first-order valence-corrected chi connectivity index (χ1v) is 10.1. The van der Waals surface area contributed by atoms with Gasteiger partial charge in [-0.15, -0.1) is 0 Å². The summed E-state index contributed by atoms with van der Waals surface area (Å²) >= 11 is 0. The van der Waals surface area contributed by atoms with Crippen molar-refractivity contribution in [2.24, 2.45) is 5.10 Å². The van der Waals surface area contributed by atoms with Crippen molar-refractivity contribution >= 4 is 23.0 Å². The predicted octanol–water partition coefficient (Wildman–Crippen LogP) is 3.98. The van der Waals surface area contributed by atoms with E-state index in [4.69, 9.17) is 9.47 Å². The summed E-state index contributed by atoms with van der Waals surface area (Å²) in [6, 6.07) is 25.7. The maximum atomic E-state index is 12.5. The Morgan fingerprint density at radius 2 is 1.74 bits per heavy atom. The lowest BCUT2D eigenvalue weighted by molar-refractivity contribution is -0.130. The molecular formula is C25H21N3O3. The van der Waals surface area contributed by atoms with Gasteiger partial charge in [-0.1, -0.05) is 60.7 Å². The van der Waals surface area contributed by atoms with E-state index in [0.29, 0.717) is 11.5 Å². The number of hydrazone groups is 1. The monoisotopic (exact) mass is 411 g/mol. The molecule has 1 aliphatic heterocycles. The topological polar surface area (TPSA) is 64.9 Å². The van der Waals surface area contributed by atoms with Gasteiger partial charge in [0.2, 0.25) is 6.10 Å². The van der Waals surface area contributed by atoms with Gasteiger partial charge in [0.15, 0.2) is 11.5 Å².